The van der Waals surface area contributed by atoms with Crippen molar-refractivity contribution in [1.29, 1.82) is 0 Å². The molecule has 0 bridgehead atoms. The molecule has 146 valence electrons. The van der Waals surface area contributed by atoms with Crippen molar-refractivity contribution < 1.29 is 4.79 Å². The van der Waals surface area contributed by atoms with Crippen LogP contribution in [-0.4, -0.2) is 21.2 Å². The van der Waals surface area contributed by atoms with E-state index in [2.05, 4.69) is 25.8 Å². The second kappa shape index (κ2) is 8.96. The molecule has 0 saturated heterocycles. The summed E-state index contributed by atoms with van der Waals surface area (Å²) in [7, 11) is 0. The first kappa shape index (κ1) is 19.9. The fourth-order valence-corrected chi connectivity index (χ4v) is 4.76. The molecule has 0 radical (unpaired) electrons. The Morgan fingerprint density at radius 3 is 2.79 bits per heavy atom. The van der Waals surface area contributed by atoms with E-state index in [4.69, 9.17) is 23.2 Å². The molecule has 0 atom stereocenters. The minimum absolute atomic E-state index is 0.359. The van der Waals surface area contributed by atoms with Crippen LogP contribution in [0.15, 0.2) is 64.0 Å². The molecular weight excluding hydrogens is 449 g/mol. The van der Waals surface area contributed by atoms with Crippen molar-refractivity contribution in [3.63, 3.8) is 0 Å². The number of hydrogen-bond acceptors (Lipinski definition) is 6. The van der Waals surface area contributed by atoms with Crippen molar-refractivity contribution in [1.82, 2.24) is 20.5 Å². The smallest absolute Gasteiger partial charge is 0.321 e. The molecule has 6 nitrogen and oxygen atoms in total. The highest BCUT2D eigenvalue weighted by Crippen LogP contribution is 2.36. The zero-order chi connectivity index (χ0) is 20.2. The number of carbonyl (C=O) groups is 1. The molecule has 2 amide bonds. The SMILES string of the molecule is O=C(NCc1cccc(Cl)c1)Nc1nnc(Sc2ccnc3cc(Cl)ccc23)s1. The topological polar surface area (TPSA) is 79.8 Å². The number of nitrogens with zero attached hydrogens (tertiary/aromatic N) is 3. The van der Waals surface area contributed by atoms with E-state index in [1.807, 2.05) is 36.4 Å². The largest absolute Gasteiger partial charge is 0.334 e. The van der Waals surface area contributed by atoms with Crippen LogP contribution < -0.4 is 10.6 Å². The maximum Gasteiger partial charge on any atom is 0.321 e. The number of anilines is 1. The second-order valence-corrected chi connectivity index (χ2v) is 9.02. The van der Waals surface area contributed by atoms with Gasteiger partial charge in [-0.15, -0.1) is 10.2 Å². The summed E-state index contributed by atoms with van der Waals surface area (Å²) < 4.78 is 0.706. The third kappa shape index (κ3) is 5.16. The highest BCUT2D eigenvalue weighted by Gasteiger charge is 2.11. The van der Waals surface area contributed by atoms with Crippen molar-refractivity contribution >= 4 is 68.4 Å². The summed E-state index contributed by atoms with van der Waals surface area (Å²) in [5, 5.41) is 16.3. The number of carbonyl (C=O) groups excluding carboxylic acids is 1. The van der Waals surface area contributed by atoms with Gasteiger partial charge in [0.15, 0.2) is 4.34 Å². The fourth-order valence-electron chi connectivity index (χ4n) is 2.55. The molecule has 2 N–H and O–H groups in total. The maximum absolute atomic E-state index is 12.1. The molecule has 0 saturated carbocycles. The standard InChI is InChI=1S/C19H13Cl2N5OS2/c20-12-3-1-2-11(8-12)10-23-17(27)24-18-25-26-19(29-18)28-16-6-7-22-15-9-13(21)4-5-14(15)16/h1-9H,10H2,(H2,23,24,25,27). The van der Waals surface area contributed by atoms with Crippen LogP contribution in [0.1, 0.15) is 5.56 Å². The van der Waals surface area contributed by atoms with Gasteiger partial charge in [-0.1, -0.05) is 64.5 Å². The summed E-state index contributed by atoms with van der Waals surface area (Å²) in [6.45, 7) is 0.359. The first-order valence-corrected chi connectivity index (χ1v) is 10.8. The Morgan fingerprint density at radius 2 is 1.93 bits per heavy atom. The van der Waals surface area contributed by atoms with E-state index in [1.54, 1.807) is 18.3 Å². The average molecular weight is 462 g/mol. The quantitative estimate of drug-likeness (QED) is 0.363. The zero-order valence-electron chi connectivity index (χ0n) is 14.7. The monoisotopic (exact) mass is 461 g/mol. The predicted molar refractivity (Wildman–Crippen MR) is 118 cm³/mol. The van der Waals surface area contributed by atoms with Crippen molar-refractivity contribution in [3.8, 4) is 0 Å². The van der Waals surface area contributed by atoms with E-state index >= 15 is 0 Å². The van der Waals surface area contributed by atoms with E-state index in [0.29, 0.717) is 26.1 Å². The van der Waals surface area contributed by atoms with Gasteiger partial charge in [0.05, 0.1) is 5.52 Å². The van der Waals surface area contributed by atoms with E-state index in [0.717, 1.165) is 21.4 Å². The molecule has 2 aromatic heterocycles. The van der Waals surface area contributed by atoms with Crippen LogP contribution in [0.4, 0.5) is 9.93 Å². The lowest BCUT2D eigenvalue weighted by Gasteiger charge is -2.05. The number of halogens is 2. The summed E-state index contributed by atoms with van der Waals surface area (Å²) in [5.41, 5.74) is 1.72. The van der Waals surface area contributed by atoms with Crippen molar-refractivity contribution in [2.45, 2.75) is 15.8 Å². The first-order valence-electron chi connectivity index (χ1n) is 8.42. The highest BCUT2D eigenvalue weighted by atomic mass is 35.5. The Bertz CT molecular complexity index is 1180. The van der Waals surface area contributed by atoms with E-state index in [-0.39, 0.29) is 6.03 Å². The number of amides is 2. The molecular formula is C19H13Cl2N5OS2. The summed E-state index contributed by atoms with van der Waals surface area (Å²) in [5.74, 6) is 0. The molecule has 0 spiro atoms. The molecule has 0 aliphatic carbocycles. The first-order chi connectivity index (χ1) is 14.1. The minimum Gasteiger partial charge on any atom is -0.334 e. The van der Waals surface area contributed by atoms with Crippen LogP contribution in [0.25, 0.3) is 10.9 Å². The van der Waals surface area contributed by atoms with Crippen LogP contribution in [-0.2, 0) is 6.54 Å². The predicted octanol–water partition coefficient (Wildman–Crippen LogP) is 5.87. The lowest BCUT2D eigenvalue weighted by molar-refractivity contribution is 0.251. The summed E-state index contributed by atoms with van der Waals surface area (Å²) in [4.78, 5) is 17.4. The maximum atomic E-state index is 12.1. The molecule has 4 aromatic rings. The Balaban J connectivity index is 1.39. The second-order valence-electron chi connectivity index (χ2n) is 5.88. The molecule has 2 aromatic carbocycles. The number of aromatic nitrogens is 3. The van der Waals surface area contributed by atoms with Crippen LogP contribution in [0.2, 0.25) is 10.0 Å². The van der Waals surface area contributed by atoms with E-state index < -0.39 is 0 Å². The van der Waals surface area contributed by atoms with Crippen LogP contribution in [0.3, 0.4) is 0 Å². The minimum atomic E-state index is -0.360. The summed E-state index contributed by atoms with van der Waals surface area (Å²) in [6.07, 6.45) is 1.73. The van der Waals surface area contributed by atoms with Crippen LogP contribution in [0.5, 0.6) is 0 Å². The highest BCUT2D eigenvalue weighted by molar-refractivity contribution is 8.01. The number of urea groups is 1. The van der Waals surface area contributed by atoms with Gasteiger partial charge in [0.2, 0.25) is 5.13 Å². The molecule has 2 heterocycles. The van der Waals surface area contributed by atoms with Crippen molar-refractivity contribution in [3.05, 3.63) is 70.3 Å². The summed E-state index contributed by atoms with van der Waals surface area (Å²) >= 11 is 14.7. The van der Waals surface area contributed by atoms with E-state index in [1.165, 1.54) is 23.1 Å². The summed E-state index contributed by atoms with van der Waals surface area (Å²) in [6, 6.07) is 14.4. The molecule has 0 aliphatic rings. The third-order valence-electron chi connectivity index (χ3n) is 3.83. The van der Waals surface area contributed by atoms with Crippen LogP contribution in [0, 0.1) is 0 Å². The molecule has 0 fully saturated rings. The Kier molecular flexibility index (Phi) is 6.15. The van der Waals surface area contributed by atoms with Crippen LogP contribution >= 0.6 is 46.3 Å². The van der Waals surface area contributed by atoms with Gasteiger partial charge in [0.1, 0.15) is 0 Å². The van der Waals surface area contributed by atoms with Gasteiger partial charge in [-0.3, -0.25) is 10.3 Å². The molecule has 0 aliphatic heterocycles. The van der Waals surface area contributed by atoms with Gasteiger partial charge in [0, 0.05) is 33.1 Å². The number of rotatable bonds is 5. The number of fused-ring (bicyclic) bond motifs is 1. The number of benzene rings is 2. The Hall–Kier alpha value is -2.39. The van der Waals surface area contributed by atoms with Gasteiger partial charge in [-0.25, -0.2) is 4.79 Å². The lowest BCUT2D eigenvalue weighted by Crippen LogP contribution is -2.28. The molecule has 0 unspecified atom stereocenters. The zero-order valence-corrected chi connectivity index (χ0v) is 17.9. The Morgan fingerprint density at radius 1 is 1.07 bits per heavy atom. The fraction of sp³-hybridized carbons (Fsp3) is 0.0526. The van der Waals surface area contributed by atoms with Crippen molar-refractivity contribution in [2.24, 2.45) is 0 Å². The van der Waals surface area contributed by atoms with Gasteiger partial charge in [-0.05, 0) is 35.9 Å². The third-order valence-corrected chi connectivity index (χ3v) is 6.27. The lowest BCUT2D eigenvalue weighted by atomic mass is 10.2. The number of hydrogen-bond donors (Lipinski definition) is 2. The Labute approximate surface area is 184 Å². The van der Waals surface area contributed by atoms with Gasteiger partial charge < -0.3 is 5.32 Å². The van der Waals surface area contributed by atoms with E-state index in [9.17, 15) is 4.79 Å². The molecule has 29 heavy (non-hydrogen) atoms. The normalized spacial score (nSPS) is 10.8. The molecule has 4 rings (SSSR count). The number of nitrogens with one attached hydrogen (secondary N) is 2. The number of pyridine rings is 1. The molecule has 10 heteroatoms. The van der Waals surface area contributed by atoms with Gasteiger partial charge in [-0.2, -0.15) is 0 Å². The van der Waals surface area contributed by atoms with Crippen molar-refractivity contribution in [2.75, 3.05) is 5.32 Å². The average Bonchev–Trinajstić information content (AvgIpc) is 3.13. The van der Waals surface area contributed by atoms with Gasteiger partial charge in [0.25, 0.3) is 0 Å². The van der Waals surface area contributed by atoms with Gasteiger partial charge >= 0.3 is 6.03 Å².